The highest BCUT2D eigenvalue weighted by Gasteiger charge is 2.41. The predicted octanol–water partition coefficient (Wildman–Crippen LogP) is 0.950. The highest BCUT2D eigenvalue weighted by Crippen LogP contribution is 2.21. The van der Waals surface area contributed by atoms with Gasteiger partial charge in [0.25, 0.3) is 0 Å². The maximum atomic E-state index is 12.2. The van der Waals surface area contributed by atoms with Gasteiger partial charge in [-0.15, -0.1) is 0 Å². The number of aliphatic hydroxyl groups excluding tert-OH is 1. The Bertz CT molecular complexity index is 418. The Morgan fingerprint density at radius 2 is 1.68 bits per heavy atom. The lowest BCUT2D eigenvalue weighted by Crippen LogP contribution is -2.46. The fraction of sp³-hybridized carbons (Fsp3) is 0.875. The average molecular weight is 378 g/mol. The van der Waals surface area contributed by atoms with Gasteiger partial charge in [0, 0.05) is 45.8 Å². The number of aliphatic hydroxyl groups is 1. The van der Waals surface area contributed by atoms with Gasteiger partial charge in [-0.05, 0) is 27.2 Å². The summed E-state index contributed by atoms with van der Waals surface area (Å²) in [7, 11) is -2.74. The fourth-order valence-electron chi connectivity index (χ4n) is 2.94. The number of carbonyl (C=O) groups excluding carboxylic acids is 2. The van der Waals surface area contributed by atoms with Crippen molar-refractivity contribution in [1.29, 1.82) is 0 Å². The average Bonchev–Trinajstić information content (AvgIpc) is 2.94. The number of amides is 1. The second kappa shape index (κ2) is 10.9. The van der Waals surface area contributed by atoms with Crippen LogP contribution in [0.3, 0.4) is 0 Å². The molecule has 25 heavy (non-hydrogen) atoms. The van der Waals surface area contributed by atoms with Crippen LogP contribution in [0.15, 0.2) is 0 Å². The summed E-state index contributed by atoms with van der Waals surface area (Å²) in [6.07, 6.45) is 0.0803. The van der Waals surface area contributed by atoms with E-state index >= 15 is 0 Å². The molecule has 0 saturated carbocycles. The molecule has 0 aromatic heterocycles. The molecular formula is C16H31NO7Si. The molecule has 8 nitrogen and oxygen atoms in total. The van der Waals surface area contributed by atoms with Crippen LogP contribution in [0, 0.1) is 0 Å². The van der Waals surface area contributed by atoms with E-state index in [1.54, 1.807) is 0 Å². The van der Waals surface area contributed by atoms with E-state index in [0.29, 0.717) is 32.3 Å². The van der Waals surface area contributed by atoms with E-state index in [1.807, 2.05) is 20.8 Å². The molecule has 0 radical (unpaired) electrons. The first-order chi connectivity index (χ1) is 11.9. The quantitative estimate of drug-likeness (QED) is 0.325. The maximum Gasteiger partial charge on any atom is 0.501 e. The van der Waals surface area contributed by atoms with Gasteiger partial charge in [-0.1, -0.05) is 0 Å². The third kappa shape index (κ3) is 6.67. The van der Waals surface area contributed by atoms with Gasteiger partial charge in [-0.3, -0.25) is 4.79 Å². The monoisotopic (exact) mass is 377 g/mol. The molecule has 1 N–H and O–H groups in total. The van der Waals surface area contributed by atoms with Crippen LogP contribution in [0.1, 0.15) is 40.5 Å². The number of ether oxygens (including phenoxy) is 1. The summed E-state index contributed by atoms with van der Waals surface area (Å²) in [6, 6.07) is -0.153. The van der Waals surface area contributed by atoms with E-state index in [-0.39, 0.29) is 25.5 Å². The number of carbonyl (C=O) groups is 2. The molecule has 1 heterocycles. The summed E-state index contributed by atoms with van der Waals surface area (Å²) >= 11 is 0. The SMILES string of the molecule is CCO[Si](CCCOC(=O)[C@@H]1C[C@@H](O)CN1C(C)=O)(OCC)OCC. The highest BCUT2D eigenvalue weighted by molar-refractivity contribution is 6.60. The Kier molecular flexibility index (Phi) is 9.58. The molecule has 9 heteroatoms. The Morgan fingerprint density at radius 1 is 1.12 bits per heavy atom. The largest absolute Gasteiger partial charge is 0.501 e. The van der Waals surface area contributed by atoms with E-state index in [4.69, 9.17) is 18.0 Å². The van der Waals surface area contributed by atoms with Crippen molar-refractivity contribution in [2.24, 2.45) is 0 Å². The zero-order valence-corrected chi connectivity index (χ0v) is 16.7. The maximum absolute atomic E-state index is 12.2. The molecule has 1 saturated heterocycles. The van der Waals surface area contributed by atoms with Gasteiger partial charge < -0.3 is 28.0 Å². The number of nitrogens with zero attached hydrogens (tertiary/aromatic N) is 1. The Labute approximate surface area is 150 Å². The van der Waals surface area contributed by atoms with Gasteiger partial charge in [-0.2, -0.15) is 0 Å². The second-order valence-corrected chi connectivity index (χ2v) is 8.56. The smallest absolute Gasteiger partial charge is 0.464 e. The van der Waals surface area contributed by atoms with E-state index in [2.05, 4.69) is 0 Å². The van der Waals surface area contributed by atoms with Gasteiger partial charge in [-0.25, -0.2) is 4.79 Å². The first-order valence-corrected chi connectivity index (χ1v) is 10.9. The van der Waals surface area contributed by atoms with Crippen LogP contribution in [0.4, 0.5) is 0 Å². The van der Waals surface area contributed by atoms with Gasteiger partial charge in [0.1, 0.15) is 6.04 Å². The lowest BCUT2D eigenvalue weighted by molar-refractivity contribution is -0.152. The first kappa shape index (κ1) is 22.0. The highest BCUT2D eigenvalue weighted by atomic mass is 28.4. The number of hydrogen-bond donors (Lipinski definition) is 1. The number of hydrogen-bond acceptors (Lipinski definition) is 7. The fourth-order valence-corrected chi connectivity index (χ4v) is 5.52. The minimum atomic E-state index is -2.74. The Balaban J connectivity index is 2.49. The number of rotatable bonds is 11. The molecule has 2 atom stereocenters. The summed E-state index contributed by atoms with van der Waals surface area (Å²) < 4.78 is 22.5. The number of β-amino-alcohol motifs (C(OH)–C–C–N with tert-alkyl or cyclic N) is 1. The lowest BCUT2D eigenvalue weighted by atomic mass is 10.2. The molecule has 0 bridgehead atoms. The van der Waals surface area contributed by atoms with Crippen molar-refractivity contribution >= 4 is 20.7 Å². The van der Waals surface area contributed by atoms with Crippen LogP contribution < -0.4 is 0 Å². The van der Waals surface area contributed by atoms with E-state index in [0.717, 1.165) is 0 Å². The number of likely N-dealkylation sites (tertiary alicyclic amines) is 1. The van der Waals surface area contributed by atoms with Crippen molar-refractivity contribution in [3.8, 4) is 0 Å². The summed E-state index contributed by atoms with van der Waals surface area (Å²) in [4.78, 5) is 25.1. The molecule has 0 unspecified atom stereocenters. The molecule has 1 aliphatic rings. The van der Waals surface area contributed by atoms with Gasteiger partial charge in [0.2, 0.25) is 5.91 Å². The standard InChI is InChI=1S/C16H31NO7Si/c1-5-22-25(23-6-2,24-7-3)10-8-9-21-16(20)15-11-14(19)12-17(15)13(4)18/h14-15,19H,5-12H2,1-4H3/t14-,15+/m1/s1. The van der Waals surface area contributed by atoms with Crippen LogP contribution in [-0.4, -0.2) is 75.8 Å². The molecule has 1 rings (SSSR count). The van der Waals surface area contributed by atoms with Crippen molar-refractivity contribution in [3.05, 3.63) is 0 Å². The molecule has 1 aliphatic heterocycles. The predicted molar refractivity (Wildman–Crippen MR) is 92.8 cm³/mol. The number of esters is 1. The molecular weight excluding hydrogens is 346 g/mol. The van der Waals surface area contributed by atoms with E-state index in [9.17, 15) is 14.7 Å². The zero-order chi connectivity index (χ0) is 18.9. The van der Waals surface area contributed by atoms with Crippen molar-refractivity contribution in [3.63, 3.8) is 0 Å². The Morgan fingerprint density at radius 3 is 2.16 bits per heavy atom. The van der Waals surface area contributed by atoms with Crippen molar-refractivity contribution < 1.29 is 32.7 Å². The van der Waals surface area contributed by atoms with E-state index < -0.39 is 26.9 Å². The van der Waals surface area contributed by atoms with Crippen molar-refractivity contribution in [2.75, 3.05) is 33.0 Å². The third-order valence-corrected chi connectivity index (χ3v) is 7.07. The third-order valence-electron chi connectivity index (χ3n) is 3.92. The molecule has 146 valence electrons. The van der Waals surface area contributed by atoms with Crippen LogP contribution in [0.2, 0.25) is 6.04 Å². The second-order valence-electron chi connectivity index (χ2n) is 5.83. The topological polar surface area (TPSA) is 94.5 Å². The van der Waals surface area contributed by atoms with Crippen LogP contribution in [0.5, 0.6) is 0 Å². The van der Waals surface area contributed by atoms with Crippen molar-refractivity contribution in [2.45, 2.75) is 58.7 Å². The van der Waals surface area contributed by atoms with E-state index in [1.165, 1.54) is 11.8 Å². The van der Waals surface area contributed by atoms with Gasteiger partial charge in [0.15, 0.2) is 0 Å². The first-order valence-electron chi connectivity index (χ1n) is 8.92. The minimum absolute atomic E-state index is 0.171. The summed E-state index contributed by atoms with van der Waals surface area (Å²) in [5.41, 5.74) is 0. The van der Waals surface area contributed by atoms with Crippen molar-refractivity contribution in [1.82, 2.24) is 4.90 Å². The Hall–Kier alpha value is -1.00. The molecule has 0 aromatic rings. The van der Waals surface area contributed by atoms with Crippen LogP contribution >= 0.6 is 0 Å². The molecule has 0 aromatic carbocycles. The lowest BCUT2D eigenvalue weighted by Gasteiger charge is -2.28. The molecule has 0 aliphatic carbocycles. The molecule has 0 spiro atoms. The summed E-state index contributed by atoms with van der Waals surface area (Å²) in [6.45, 7) is 8.91. The zero-order valence-electron chi connectivity index (χ0n) is 15.7. The van der Waals surface area contributed by atoms with Crippen LogP contribution in [-0.2, 0) is 27.6 Å². The van der Waals surface area contributed by atoms with Crippen LogP contribution in [0.25, 0.3) is 0 Å². The molecule has 1 fully saturated rings. The minimum Gasteiger partial charge on any atom is -0.464 e. The van der Waals surface area contributed by atoms with Gasteiger partial charge in [0.05, 0.1) is 12.7 Å². The van der Waals surface area contributed by atoms with Gasteiger partial charge >= 0.3 is 14.8 Å². The molecule has 1 amide bonds. The summed E-state index contributed by atoms with van der Waals surface area (Å²) in [5, 5.41) is 9.68. The summed E-state index contributed by atoms with van der Waals surface area (Å²) in [5.74, 6) is -0.725. The normalized spacial score (nSPS) is 20.8.